The molecule has 0 aliphatic carbocycles. The maximum absolute atomic E-state index is 15.2. The van der Waals surface area contributed by atoms with Gasteiger partial charge in [0.15, 0.2) is 5.82 Å². The third-order valence-corrected chi connectivity index (χ3v) is 6.28. The molecule has 3 heterocycles. The van der Waals surface area contributed by atoms with Gasteiger partial charge >= 0.3 is 0 Å². The first-order valence-corrected chi connectivity index (χ1v) is 11.9. The molecule has 0 aliphatic heterocycles. The van der Waals surface area contributed by atoms with Gasteiger partial charge in [-0.05, 0) is 54.1 Å². The van der Waals surface area contributed by atoms with E-state index >= 15 is 4.39 Å². The number of aliphatic hydroxyl groups excluding tert-OH is 1. The molecular weight excluding hydrogens is 487 g/mol. The predicted octanol–water partition coefficient (Wildman–Crippen LogP) is 3.73. The highest BCUT2D eigenvalue weighted by Gasteiger charge is 2.17. The molecule has 3 aromatic carbocycles. The molecule has 11 heteroatoms. The first-order chi connectivity index (χ1) is 18.6. The van der Waals surface area contributed by atoms with E-state index in [0.717, 1.165) is 22.3 Å². The molecule has 0 unspecified atom stereocenters. The first-order valence-electron chi connectivity index (χ1n) is 11.9. The van der Waals surface area contributed by atoms with Crippen molar-refractivity contribution < 1.29 is 14.2 Å². The number of benzene rings is 3. The maximum Gasteiger partial charge on any atom is 0.153 e. The number of ether oxygens (including phenoxy) is 1. The molecule has 10 nitrogen and oxygen atoms in total. The summed E-state index contributed by atoms with van der Waals surface area (Å²) in [6.45, 7) is 0.951. The Labute approximate surface area is 215 Å². The summed E-state index contributed by atoms with van der Waals surface area (Å²) in [5.41, 5.74) is 5.76. The Hall–Kier alpha value is -4.92. The molecule has 3 aromatic heterocycles. The van der Waals surface area contributed by atoms with E-state index in [-0.39, 0.29) is 18.7 Å². The molecule has 0 bridgehead atoms. The lowest BCUT2D eigenvalue weighted by Crippen LogP contribution is -2.04. The van der Waals surface area contributed by atoms with E-state index in [4.69, 9.17) is 15.1 Å². The van der Waals surface area contributed by atoms with Crippen molar-refractivity contribution in [2.45, 2.75) is 13.2 Å². The topological polar surface area (TPSA) is 130 Å². The van der Waals surface area contributed by atoms with Gasteiger partial charge in [0.1, 0.15) is 5.52 Å². The van der Waals surface area contributed by atoms with Crippen LogP contribution in [0.5, 0.6) is 0 Å². The minimum absolute atomic E-state index is 0.0512. The van der Waals surface area contributed by atoms with E-state index in [1.807, 2.05) is 42.5 Å². The molecule has 0 spiro atoms. The number of nitrogens with zero attached hydrogens (tertiary/aromatic N) is 7. The molecular formula is C27H21FN8O2. The smallest absolute Gasteiger partial charge is 0.153 e. The lowest BCUT2D eigenvalue weighted by Gasteiger charge is -2.09. The van der Waals surface area contributed by atoms with Crippen LogP contribution in [0.25, 0.3) is 38.9 Å². The standard InChI is InChI=1S/C27H21FN8O2/c28-22-11-19(25-7-8-30-35(25)15-18-3-1-17(14-29)2-4-18)12-26-27(22)33-34-36(26)20-5-6-21-23(13-20)31-32-24(21)16-38-10-9-37/h1-8,11-13,37H,9-10,15-16H2,(H,31,32). The van der Waals surface area contributed by atoms with Crippen molar-refractivity contribution in [1.82, 2.24) is 35.0 Å². The van der Waals surface area contributed by atoms with Crippen LogP contribution in [-0.2, 0) is 17.9 Å². The third kappa shape index (κ3) is 4.28. The lowest BCUT2D eigenvalue weighted by molar-refractivity contribution is 0.0802. The zero-order valence-corrected chi connectivity index (χ0v) is 20.0. The van der Waals surface area contributed by atoms with Gasteiger partial charge in [0.05, 0.1) is 66.1 Å². The minimum atomic E-state index is -0.487. The number of hydrogen-bond acceptors (Lipinski definition) is 7. The van der Waals surface area contributed by atoms with Gasteiger partial charge < -0.3 is 9.84 Å². The predicted molar refractivity (Wildman–Crippen MR) is 137 cm³/mol. The van der Waals surface area contributed by atoms with Gasteiger partial charge in [-0.2, -0.15) is 15.5 Å². The average molecular weight is 509 g/mol. The summed E-state index contributed by atoms with van der Waals surface area (Å²) in [5, 5.41) is 38.9. The number of hydrogen-bond donors (Lipinski definition) is 2. The SMILES string of the molecule is N#Cc1ccc(Cn2nccc2-c2cc(F)c3nnn(-c4ccc5c(COCCO)[nH]nc5c4)c3c2)cc1. The molecule has 2 N–H and O–H groups in total. The van der Waals surface area contributed by atoms with Crippen molar-refractivity contribution in [1.29, 1.82) is 5.26 Å². The summed E-state index contributed by atoms with van der Waals surface area (Å²) in [6, 6.07) is 20.1. The van der Waals surface area contributed by atoms with Gasteiger partial charge in [-0.15, -0.1) is 5.10 Å². The zero-order valence-electron chi connectivity index (χ0n) is 20.0. The van der Waals surface area contributed by atoms with E-state index in [1.54, 1.807) is 27.7 Å². The summed E-state index contributed by atoms with van der Waals surface area (Å²) < 4.78 is 24.0. The molecule has 6 aromatic rings. The van der Waals surface area contributed by atoms with Crippen molar-refractivity contribution >= 4 is 21.9 Å². The fourth-order valence-electron chi connectivity index (χ4n) is 4.42. The minimum Gasteiger partial charge on any atom is -0.394 e. The van der Waals surface area contributed by atoms with Crippen LogP contribution in [0.15, 0.2) is 66.9 Å². The highest BCUT2D eigenvalue weighted by molar-refractivity contribution is 5.86. The van der Waals surface area contributed by atoms with Crippen molar-refractivity contribution in [2.75, 3.05) is 13.2 Å². The number of aromatic amines is 1. The number of nitrogens with one attached hydrogen (secondary N) is 1. The van der Waals surface area contributed by atoms with Crippen LogP contribution >= 0.6 is 0 Å². The number of halogens is 1. The largest absolute Gasteiger partial charge is 0.394 e. The Morgan fingerprint density at radius 2 is 1.95 bits per heavy atom. The van der Waals surface area contributed by atoms with Crippen LogP contribution in [0.2, 0.25) is 0 Å². The Kier molecular flexibility index (Phi) is 6.09. The summed E-state index contributed by atoms with van der Waals surface area (Å²) in [4.78, 5) is 0. The Morgan fingerprint density at radius 3 is 2.76 bits per heavy atom. The summed E-state index contributed by atoms with van der Waals surface area (Å²) >= 11 is 0. The highest BCUT2D eigenvalue weighted by atomic mass is 19.1. The van der Waals surface area contributed by atoms with Crippen molar-refractivity contribution in [3.8, 4) is 23.0 Å². The molecule has 0 amide bonds. The highest BCUT2D eigenvalue weighted by Crippen LogP contribution is 2.29. The van der Waals surface area contributed by atoms with E-state index in [2.05, 4.69) is 31.7 Å². The normalized spacial score (nSPS) is 11.4. The monoisotopic (exact) mass is 508 g/mol. The van der Waals surface area contributed by atoms with Gasteiger partial charge in [-0.25, -0.2) is 9.07 Å². The third-order valence-electron chi connectivity index (χ3n) is 6.28. The van der Waals surface area contributed by atoms with Crippen molar-refractivity contribution in [2.24, 2.45) is 0 Å². The molecule has 0 saturated carbocycles. The number of fused-ring (bicyclic) bond motifs is 2. The molecule has 0 atom stereocenters. The number of nitriles is 1. The Balaban J connectivity index is 1.35. The Bertz CT molecular complexity index is 1800. The van der Waals surface area contributed by atoms with Gasteiger partial charge in [0.25, 0.3) is 0 Å². The number of H-pyrrole nitrogens is 1. The van der Waals surface area contributed by atoms with Gasteiger partial charge in [-0.3, -0.25) is 9.78 Å². The molecule has 38 heavy (non-hydrogen) atoms. The molecule has 0 saturated heterocycles. The van der Waals surface area contributed by atoms with Gasteiger partial charge in [-0.1, -0.05) is 17.3 Å². The molecule has 0 radical (unpaired) electrons. The second-order valence-electron chi connectivity index (χ2n) is 8.69. The van der Waals surface area contributed by atoms with Gasteiger partial charge in [0.2, 0.25) is 0 Å². The molecule has 0 fully saturated rings. The van der Waals surface area contributed by atoms with Crippen LogP contribution in [0.4, 0.5) is 4.39 Å². The fourth-order valence-corrected chi connectivity index (χ4v) is 4.42. The van der Waals surface area contributed by atoms with Crippen LogP contribution in [-0.4, -0.2) is 53.3 Å². The lowest BCUT2D eigenvalue weighted by atomic mass is 10.1. The number of rotatable bonds is 8. The molecule has 6 rings (SSSR count). The van der Waals surface area contributed by atoms with Crippen LogP contribution < -0.4 is 0 Å². The maximum atomic E-state index is 15.2. The molecule has 188 valence electrons. The van der Waals surface area contributed by atoms with E-state index in [9.17, 15) is 0 Å². The summed E-state index contributed by atoms with van der Waals surface area (Å²) in [7, 11) is 0. The van der Waals surface area contributed by atoms with E-state index < -0.39 is 5.82 Å². The summed E-state index contributed by atoms with van der Waals surface area (Å²) in [5.74, 6) is -0.487. The number of aromatic nitrogens is 7. The quantitative estimate of drug-likeness (QED) is 0.300. The Morgan fingerprint density at radius 1 is 1.08 bits per heavy atom. The molecule has 0 aliphatic rings. The van der Waals surface area contributed by atoms with Crippen LogP contribution in [0, 0.1) is 17.1 Å². The zero-order chi connectivity index (χ0) is 26.1. The van der Waals surface area contributed by atoms with Crippen LogP contribution in [0.3, 0.4) is 0 Å². The first kappa shape index (κ1) is 23.5. The average Bonchev–Trinajstić information content (AvgIpc) is 3.68. The fraction of sp³-hybridized carbons (Fsp3) is 0.148. The second-order valence-corrected chi connectivity index (χ2v) is 8.69. The van der Waals surface area contributed by atoms with Gasteiger partial charge in [0, 0.05) is 17.1 Å². The van der Waals surface area contributed by atoms with E-state index in [0.29, 0.717) is 41.0 Å². The summed E-state index contributed by atoms with van der Waals surface area (Å²) in [6.07, 6.45) is 1.67. The van der Waals surface area contributed by atoms with E-state index in [1.165, 1.54) is 6.07 Å². The van der Waals surface area contributed by atoms with Crippen LogP contribution in [0.1, 0.15) is 16.8 Å². The van der Waals surface area contributed by atoms with Crippen molar-refractivity contribution in [3.05, 3.63) is 89.5 Å². The second kappa shape index (κ2) is 9.85. The number of aliphatic hydroxyl groups is 1. The van der Waals surface area contributed by atoms with Crippen molar-refractivity contribution in [3.63, 3.8) is 0 Å².